The Bertz CT molecular complexity index is 782. The first-order valence-corrected chi connectivity index (χ1v) is 6.31. The molecule has 1 amide bonds. The molecular formula is C15H12N4O2. The van der Waals surface area contributed by atoms with Crippen molar-refractivity contribution in [3.8, 4) is 5.88 Å². The number of fused-ring (bicyclic) bond motifs is 1. The Kier molecular flexibility index (Phi) is 3.42. The second-order valence-corrected chi connectivity index (χ2v) is 4.29. The molecule has 6 nitrogen and oxygen atoms in total. The lowest BCUT2D eigenvalue weighted by molar-refractivity contribution is 0.102. The molecule has 0 aliphatic heterocycles. The van der Waals surface area contributed by atoms with Crippen LogP contribution in [0.25, 0.3) is 10.9 Å². The van der Waals surface area contributed by atoms with E-state index in [9.17, 15) is 4.79 Å². The number of carbonyl (C=O) groups is 1. The molecule has 2 heterocycles. The number of carbonyl (C=O) groups excluding carboxylic acids is 1. The van der Waals surface area contributed by atoms with E-state index in [4.69, 9.17) is 4.74 Å². The number of pyridine rings is 1. The van der Waals surface area contributed by atoms with Crippen molar-refractivity contribution in [1.29, 1.82) is 0 Å². The fourth-order valence-corrected chi connectivity index (χ4v) is 1.95. The molecule has 21 heavy (non-hydrogen) atoms. The van der Waals surface area contributed by atoms with Gasteiger partial charge in [-0.2, -0.15) is 0 Å². The molecule has 0 radical (unpaired) electrons. The average molecular weight is 280 g/mol. The van der Waals surface area contributed by atoms with Gasteiger partial charge >= 0.3 is 0 Å². The van der Waals surface area contributed by atoms with Crippen LogP contribution in [0.1, 0.15) is 10.5 Å². The first-order valence-electron chi connectivity index (χ1n) is 6.31. The van der Waals surface area contributed by atoms with Gasteiger partial charge in [-0.15, -0.1) is 10.2 Å². The number of amides is 1. The maximum Gasteiger partial charge on any atom is 0.276 e. The van der Waals surface area contributed by atoms with Crippen molar-refractivity contribution in [2.75, 3.05) is 12.4 Å². The first kappa shape index (κ1) is 13.0. The third-order valence-corrected chi connectivity index (χ3v) is 2.98. The summed E-state index contributed by atoms with van der Waals surface area (Å²) >= 11 is 0. The van der Waals surface area contributed by atoms with E-state index in [-0.39, 0.29) is 11.6 Å². The lowest BCUT2D eigenvalue weighted by Gasteiger charge is -2.07. The summed E-state index contributed by atoms with van der Waals surface area (Å²) in [5, 5.41) is 11.3. The van der Waals surface area contributed by atoms with Crippen molar-refractivity contribution in [1.82, 2.24) is 15.2 Å². The minimum Gasteiger partial charge on any atom is -0.480 e. The van der Waals surface area contributed by atoms with E-state index in [1.165, 1.54) is 7.11 Å². The molecule has 0 saturated carbocycles. The number of rotatable bonds is 3. The van der Waals surface area contributed by atoms with Crippen LogP contribution in [0.4, 0.5) is 5.69 Å². The molecule has 0 saturated heterocycles. The lowest BCUT2D eigenvalue weighted by atomic mass is 10.2. The Morgan fingerprint density at radius 3 is 2.76 bits per heavy atom. The average Bonchev–Trinajstić information content (AvgIpc) is 2.55. The predicted octanol–water partition coefficient (Wildman–Crippen LogP) is 2.29. The van der Waals surface area contributed by atoms with Crippen LogP contribution in [0.2, 0.25) is 0 Å². The van der Waals surface area contributed by atoms with Gasteiger partial charge in [0, 0.05) is 17.6 Å². The van der Waals surface area contributed by atoms with Gasteiger partial charge in [0.2, 0.25) is 5.88 Å². The van der Waals surface area contributed by atoms with Gasteiger partial charge in [0.1, 0.15) is 0 Å². The van der Waals surface area contributed by atoms with Crippen LogP contribution in [-0.2, 0) is 0 Å². The monoisotopic (exact) mass is 280 g/mol. The zero-order valence-electron chi connectivity index (χ0n) is 11.3. The summed E-state index contributed by atoms with van der Waals surface area (Å²) in [4.78, 5) is 16.4. The van der Waals surface area contributed by atoms with Gasteiger partial charge in [0.15, 0.2) is 5.69 Å². The maximum atomic E-state index is 12.2. The molecule has 2 aromatic heterocycles. The third-order valence-electron chi connectivity index (χ3n) is 2.98. The zero-order valence-corrected chi connectivity index (χ0v) is 11.3. The highest BCUT2D eigenvalue weighted by Crippen LogP contribution is 2.21. The van der Waals surface area contributed by atoms with Crippen molar-refractivity contribution in [3.63, 3.8) is 0 Å². The van der Waals surface area contributed by atoms with Crippen molar-refractivity contribution in [3.05, 3.63) is 54.4 Å². The minimum atomic E-state index is -0.332. The van der Waals surface area contributed by atoms with Crippen LogP contribution in [-0.4, -0.2) is 28.2 Å². The molecule has 6 heteroatoms. The topological polar surface area (TPSA) is 77.0 Å². The summed E-state index contributed by atoms with van der Waals surface area (Å²) in [6, 6.07) is 12.4. The van der Waals surface area contributed by atoms with Gasteiger partial charge in [0.25, 0.3) is 5.91 Å². The quantitative estimate of drug-likeness (QED) is 0.796. The highest BCUT2D eigenvalue weighted by molar-refractivity contribution is 6.07. The summed E-state index contributed by atoms with van der Waals surface area (Å²) in [5.41, 5.74) is 1.72. The molecule has 0 bridgehead atoms. The maximum absolute atomic E-state index is 12.2. The smallest absolute Gasteiger partial charge is 0.276 e. The number of benzene rings is 1. The van der Waals surface area contributed by atoms with Gasteiger partial charge in [-0.1, -0.05) is 6.07 Å². The van der Waals surface area contributed by atoms with Gasteiger partial charge in [-0.25, -0.2) is 0 Å². The zero-order chi connectivity index (χ0) is 14.7. The molecule has 0 atom stereocenters. The third kappa shape index (κ3) is 2.64. The summed E-state index contributed by atoms with van der Waals surface area (Å²) < 4.78 is 4.91. The number of nitrogens with zero attached hydrogens (tertiary/aromatic N) is 3. The van der Waals surface area contributed by atoms with E-state index in [2.05, 4.69) is 20.5 Å². The van der Waals surface area contributed by atoms with E-state index in [1.807, 2.05) is 30.3 Å². The van der Waals surface area contributed by atoms with Crippen LogP contribution < -0.4 is 10.1 Å². The molecule has 104 valence electrons. The number of hydrogen-bond acceptors (Lipinski definition) is 5. The molecule has 0 aliphatic carbocycles. The van der Waals surface area contributed by atoms with Gasteiger partial charge in [-0.05, 0) is 30.3 Å². The Morgan fingerprint density at radius 1 is 1.10 bits per heavy atom. The minimum absolute atomic E-state index is 0.219. The normalized spacial score (nSPS) is 10.3. The second kappa shape index (κ2) is 5.54. The first-order chi connectivity index (χ1) is 10.3. The van der Waals surface area contributed by atoms with Gasteiger partial charge in [-0.3, -0.25) is 9.78 Å². The van der Waals surface area contributed by atoms with E-state index in [0.717, 1.165) is 10.9 Å². The van der Waals surface area contributed by atoms with Crippen LogP contribution in [0.3, 0.4) is 0 Å². The second-order valence-electron chi connectivity index (χ2n) is 4.29. The Hall–Kier alpha value is -3.02. The molecule has 1 aromatic carbocycles. The van der Waals surface area contributed by atoms with E-state index in [1.54, 1.807) is 18.3 Å². The molecule has 0 fully saturated rings. The highest BCUT2D eigenvalue weighted by atomic mass is 16.5. The van der Waals surface area contributed by atoms with Gasteiger partial charge < -0.3 is 10.1 Å². The molecule has 0 unspecified atom stereocenters. The molecular weight excluding hydrogens is 268 g/mol. The Labute approximate surface area is 120 Å². The number of hydrogen-bond donors (Lipinski definition) is 1. The van der Waals surface area contributed by atoms with E-state index in [0.29, 0.717) is 11.6 Å². The Balaban J connectivity index is 1.89. The van der Waals surface area contributed by atoms with E-state index >= 15 is 0 Å². The lowest BCUT2D eigenvalue weighted by Crippen LogP contribution is -2.14. The fraction of sp³-hybridized carbons (Fsp3) is 0.0667. The molecule has 1 N–H and O–H groups in total. The summed E-state index contributed by atoms with van der Waals surface area (Å²) in [7, 11) is 1.49. The molecule has 3 rings (SSSR count). The number of anilines is 1. The number of methoxy groups -OCH3 is 1. The van der Waals surface area contributed by atoms with Crippen LogP contribution >= 0.6 is 0 Å². The Morgan fingerprint density at radius 2 is 2.00 bits per heavy atom. The molecule has 0 spiro atoms. The van der Waals surface area contributed by atoms with Crippen LogP contribution in [0.5, 0.6) is 5.88 Å². The van der Waals surface area contributed by atoms with E-state index < -0.39 is 0 Å². The fourth-order valence-electron chi connectivity index (χ4n) is 1.95. The van der Waals surface area contributed by atoms with Crippen molar-refractivity contribution >= 4 is 22.5 Å². The van der Waals surface area contributed by atoms with Crippen molar-refractivity contribution in [2.45, 2.75) is 0 Å². The highest BCUT2D eigenvalue weighted by Gasteiger charge is 2.10. The molecule has 0 aliphatic rings. The predicted molar refractivity (Wildman–Crippen MR) is 78.3 cm³/mol. The van der Waals surface area contributed by atoms with Crippen LogP contribution in [0.15, 0.2) is 48.7 Å². The summed E-state index contributed by atoms with van der Waals surface area (Å²) in [6.07, 6.45) is 1.71. The number of ether oxygens (including phenoxy) is 1. The number of nitrogens with one attached hydrogen (secondary N) is 1. The SMILES string of the molecule is COc1ccc(C(=O)Nc2cccc3ncccc23)nn1. The molecule has 3 aromatic rings. The van der Waals surface area contributed by atoms with Crippen molar-refractivity contribution < 1.29 is 9.53 Å². The largest absolute Gasteiger partial charge is 0.480 e. The summed E-state index contributed by atoms with van der Waals surface area (Å²) in [6.45, 7) is 0. The van der Waals surface area contributed by atoms with Crippen molar-refractivity contribution in [2.24, 2.45) is 0 Å². The standard InChI is InChI=1S/C15H12N4O2/c1-21-14-8-7-13(18-19-14)15(20)17-12-6-2-5-11-10(12)4-3-9-16-11/h2-9H,1H3,(H,17,20). The number of aromatic nitrogens is 3. The van der Waals surface area contributed by atoms with Crippen LogP contribution in [0, 0.1) is 0 Å². The summed E-state index contributed by atoms with van der Waals surface area (Å²) in [5.74, 6) is 0.0300. The van der Waals surface area contributed by atoms with Gasteiger partial charge in [0.05, 0.1) is 18.3 Å².